The molecule has 164 valence electrons. The van der Waals surface area contributed by atoms with Crippen LogP contribution in [0, 0.1) is 0 Å². The molecular formula is C27H28N2O3. The van der Waals surface area contributed by atoms with E-state index < -0.39 is 0 Å². The molecule has 0 saturated carbocycles. The fraction of sp³-hybridized carbons (Fsp3) is 0.296. The Morgan fingerprint density at radius 3 is 2.47 bits per heavy atom. The fourth-order valence-electron chi connectivity index (χ4n) is 4.28. The van der Waals surface area contributed by atoms with Gasteiger partial charge in [-0.3, -0.25) is 0 Å². The van der Waals surface area contributed by atoms with Crippen LogP contribution in [0.25, 0.3) is 0 Å². The third-order valence-electron chi connectivity index (χ3n) is 6.05. The summed E-state index contributed by atoms with van der Waals surface area (Å²) in [6.45, 7) is 2.92. The largest absolute Gasteiger partial charge is 0.497 e. The lowest BCUT2D eigenvalue weighted by Gasteiger charge is -2.38. The minimum atomic E-state index is -0.282. The molecule has 5 heteroatoms. The average molecular weight is 429 g/mol. The van der Waals surface area contributed by atoms with Crippen LogP contribution in [0.15, 0.2) is 77.9 Å². The third kappa shape index (κ3) is 3.91. The normalized spacial score (nSPS) is 18.9. The molecule has 0 unspecified atom stereocenters. The van der Waals surface area contributed by atoms with Crippen LogP contribution in [0.1, 0.15) is 55.1 Å². The molecule has 0 fully saturated rings. The van der Waals surface area contributed by atoms with E-state index in [0.717, 1.165) is 60.0 Å². The highest BCUT2D eigenvalue weighted by molar-refractivity contribution is 6.02. The van der Waals surface area contributed by atoms with Crippen LogP contribution < -0.4 is 14.2 Å². The van der Waals surface area contributed by atoms with Gasteiger partial charge in [0.05, 0.1) is 25.5 Å². The van der Waals surface area contributed by atoms with E-state index in [-0.39, 0.29) is 12.3 Å². The van der Waals surface area contributed by atoms with E-state index in [4.69, 9.17) is 19.3 Å². The second kappa shape index (κ2) is 8.95. The number of ether oxygens (including phenoxy) is 3. The van der Waals surface area contributed by atoms with Crippen molar-refractivity contribution in [1.29, 1.82) is 0 Å². The molecule has 0 aliphatic carbocycles. The predicted molar refractivity (Wildman–Crippen MR) is 125 cm³/mol. The van der Waals surface area contributed by atoms with Crippen LogP contribution in [0.5, 0.6) is 17.2 Å². The van der Waals surface area contributed by atoms with Gasteiger partial charge in [-0.1, -0.05) is 31.5 Å². The molecule has 3 aromatic carbocycles. The maximum atomic E-state index is 6.42. The lowest BCUT2D eigenvalue weighted by atomic mass is 9.96. The highest BCUT2D eigenvalue weighted by atomic mass is 16.5. The van der Waals surface area contributed by atoms with Gasteiger partial charge in [0, 0.05) is 17.5 Å². The van der Waals surface area contributed by atoms with Crippen LogP contribution in [-0.4, -0.2) is 24.4 Å². The summed E-state index contributed by atoms with van der Waals surface area (Å²) in [5.41, 5.74) is 4.41. The van der Waals surface area contributed by atoms with Crippen molar-refractivity contribution in [2.24, 2.45) is 5.10 Å². The molecule has 0 radical (unpaired) electrons. The zero-order chi connectivity index (χ0) is 21.9. The topological polar surface area (TPSA) is 43.3 Å². The van der Waals surface area contributed by atoms with E-state index in [1.807, 2.05) is 48.5 Å². The van der Waals surface area contributed by atoms with Gasteiger partial charge in [0.15, 0.2) is 0 Å². The number of para-hydroxylation sites is 1. The Bertz CT molecular complexity index is 1090. The molecule has 0 saturated heterocycles. The summed E-state index contributed by atoms with van der Waals surface area (Å²) in [7, 11) is 1.68. The number of methoxy groups -OCH3 is 1. The molecule has 3 aromatic rings. The van der Waals surface area contributed by atoms with Crippen molar-refractivity contribution in [3.05, 3.63) is 89.5 Å². The molecule has 0 amide bonds. The van der Waals surface area contributed by atoms with E-state index in [9.17, 15) is 0 Å². The lowest BCUT2D eigenvalue weighted by molar-refractivity contribution is -0.0190. The molecule has 2 aliphatic heterocycles. The Balaban J connectivity index is 1.44. The number of fused-ring (bicyclic) bond motifs is 3. The number of hydrazone groups is 1. The average Bonchev–Trinajstić information content (AvgIpc) is 3.30. The van der Waals surface area contributed by atoms with Crippen LogP contribution >= 0.6 is 0 Å². The molecule has 5 nitrogen and oxygen atoms in total. The van der Waals surface area contributed by atoms with E-state index in [0.29, 0.717) is 0 Å². The molecule has 2 heterocycles. The highest BCUT2D eigenvalue weighted by Gasteiger charge is 2.40. The van der Waals surface area contributed by atoms with Gasteiger partial charge >= 0.3 is 0 Å². The van der Waals surface area contributed by atoms with Crippen LogP contribution in [0.3, 0.4) is 0 Å². The quantitative estimate of drug-likeness (QED) is 0.426. The van der Waals surface area contributed by atoms with Gasteiger partial charge < -0.3 is 14.2 Å². The number of rotatable bonds is 7. The van der Waals surface area contributed by atoms with Crippen molar-refractivity contribution < 1.29 is 14.2 Å². The summed E-state index contributed by atoms with van der Waals surface area (Å²) in [6, 6.07) is 24.7. The lowest BCUT2D eigenvalue weighted by Crippen LogP contribution is -2.33. The van der Waals surface area contributed by atoms with Gasteiger partial charge in [0.1, 0.15) is 17.2 Å². The van der Waals surface area contributed by atoms with Crippen molar-refractivity contribution >= 4 is 5.71 Å². The van der Waals surface area contributed by atoms with E-state index in [2.05, 4.69) is 36.2 Å². The highest BCUT2D eigenvalue weighted by Crippen LogP contribution is 2.47. The van der Waals surface area contributed by atoms with Crippen molar-refractivity contribution in [3.8, 4) is 17.2 Å². The first kappa shape index (κ1) is 20.4. The monoisotopic (exact) mass is 428 g/mol. The number of benzene rings is 3. The molecule has 32 heavy (non-hydrogen) atoms. The summed E-state index contributed by atoms with van der Waals surface area (Å²) in [4.78, 5) is 0. The van der Waals surface area contributed by atoms with Crippen molar-refractivity contribution in [1.82, 2.24) is 5.01 Å². The minimum absolute atomic E-state index is 0.141. The number of hydrogen-bond donors (Lipinski definition) is 0. The van der Waals surface area contributed by atoms with E-state index >= 15 is 0 Å². The Kier molecular flexibility index (Phi) is 5.71. The molecule has 2 atom stereocenters. The van der Waals surface area contributed by atoms with Crippen LogP contribution in [0.4, 0.5) is 0 Å². The van der Waals surface area contributed by atoms with Crippen LogP contribution in [-0.2, 0) is 0 Å². The smallest absolute Gasteiger partial charge is 0.213 e. The maximum absolute atomic E-state index is 6.42. The molecule has 0 bridgehead atoms. The van der Waals surface area contributed by atoms with Gasteiger partial charge in [-0.05, 0) is 66.6 Å². The Hall–Kier alpha value is -3.47. The molecular weight excluding hydrogens is 400 g/mol. The Labute approximate surface area is 189 Å². The summed E-state index contributed by atoms with van der Waals surface area (Å²) in [6.07, 6.45) is 2.75. The maximum Gasteiger partial charge on any atom is 0.213 e. The first-order chi connectivity index (χ1) is 15.8. The zero-order valence-corrected chi connectivity index (χ0v) is 18.5. The number of nitrogens with zero attached hydrogens (tertiary/aromatic N) is 2. The Morgan fingerprint density at radius 1 is 0.969 bits per heavy atom. The number of hydrogen-bond acceptors (Lipinski definition) is 5. The molecule has 0 aromatic heterocycles. The summed E-state index contributed by atoms with van der Waals surface area (Å²) >= 11 is 0. The molecule has 0 N–H and O–H groups in total. The van der Waals surface area contributed by atoms with Gasteiger partial charge in [-0.2, -0.15) is 5.10 Å². The van der Waals surface area contributed by atoms with Crippen molar-refractivity contribution in [3.63, 3.8) is 0 Å². The third-order valence-corrected chi connectivity index (χ3v) is 6.05. The zero-order valence-electron chi connectivity index (χ0n) is 18.5. The van der Waals surface area contributed by atoms with Gasteiger partial charge in [0.2, 0.25) is 6.23 Å². The van der Waals surface area contributed by atoms with Gasteiger partial charge in [-0.25, -0.2) is 5.01 Å². The standard InChI is InChI=1S/C27H28N2O3/c1-3-4-17-31-22-15-9-19(10-16-22)24-18-25-23-7-5-6-8-26(23)32-27(29(25)28-24)20-11-13-21(30-2)14-12-20/h5-16,25,27H,3-4,17-18H2,1-2H3/t25-,27+/m0/s1. The SMILES string of the molecule is CCCCOc1ccc(C2=NN3[C@@H](c4ccc(OC)cc4)Oc4ccccc4[C@@H]3C2)cc1. The van der Waals surface area contributed by atoms with Crippen molar-refractivity contribution in [2.75, 3.05) is 13.7 Å². The second-order valence-corrected chi connectivity index (χ2v) is 8.15. The van der Waals surface area contributed by atoms with E-state index in [1.54, 1.807) is 7.11 Å². The Morgan fingerprint density at radius 2 is 1.72 bits per heavy atom. The first-order valence-electron chi connectivity index (χ1n) is 11.3. The number of unbranched alkanes of at least 4 members (excludes halogenated alkanes) is 1. The first-order valence-corrected chi connectivity index (χ1v) is 11.3. The summed E-state index contributed by atoms with van der Waals surface area (Å²) in [5.74, 6) is 2.65. The summed E-state index contributed by atoms with van der Waals surface area (Å²) in [5, 5.41) is 7.14. The predicted octanol–water partition coefficient (Wildman–Crippen LogP) is 6.12. The van der Waals surface area contributed by atoms with E-state index in [1.165, 1.54) is 5.56 Å². The van der Waals surface area contributed by atoms with Gasteiger partial charge in [-0.15, -0.1) is 0 Å². The molecule has 2 aliphatic rings. The summed E-state index contributed by atoms with van der Waals surface area (Å²) < 4.78 is 17.6. The fourth-order valence-corrected chi connectivity index (χ4v) is 4.28. The molecule has 5 rings (SSSR count). The van der Waals surface area contributed by atoms with Crippen molar-refractivity contribution in [2.45, 2.75) is 38.5 Å². The van der Waals surface area contributed by atoms with Crippen LogP contribution in [0.2, 0.25) is 0 Å². The minimum Gasteiger partial charge on any atom is -0.497 e. The second-order valence-electron chi connectivity index (χ2n) is 8.15. The van der Waals surface area contributed by atoms with Gasteiger partial charge in [0.25, 0.3) is 0 Å². The molecule has 0 spiro atoms.